The maximum Gasteiger partial charge on any atom is 0.277 e. The Morgan fingerprint density at radius 2 is 1.89 bits per heavy atom. The number of fused-ring (bicyclic) bond motifs is 2. The highest BCUT2D eigenvalue weighted by Gasteiger charge is 2.32. The zero-order valence-electron chi connectivity index (χ0n) is 15.0. The number of nitrogens with zero attached hydrogens (tertiary/aromatic N) is 4. The maximum absolute atomic E-state index is 13.4. The van der Waals surface area contributed by atoms with Crippen molar-refractivity contribution < 1.29 is 9.32 Å². The molecule has 0 spiro atoms. The fourth-order valence-electron chi connectivity index (χ4n) is 3.66. The first-order valence-corrected chi connectivity index (χ1v) is 9.92. The molecule has 7 nitrogen and oxygen atoms in total. The van der Waals surface area contributed by atoms with E-state index in [1.807, 2.05) is 48.2 Å². The zero-order chi connectivity index (χ0) is 19.4. The van der Waals surface area contributed by atoms with Gasteiger partial charge in [0.2, 0.25) is 0 Å². The van der Waals surface area contributed by atoms with E-state index in [1.165, 1.54) is 0 Å². The van der Waals surface area contributed by atoms with E-state index in [2.05, 4.69) is 32.8 Å². The first kappa shape index (κ1) is 17.2. The number of hydrogen-bond acceptors (Lipinski definition) is 5. The van der Waals surface area contributed by atoms with Crippen LogP contribution in [0, 0.1) is 10.5 Å². The molecule has 2 aromatic heterocycles. The average molecular weight is 485 g/mol. The van der Waals surface area contributed by atoms with E-state index in [0.29, 0.717) is 29.0 Å². The molecule has 0 atom stereocenters. The molecule has 5 rings (SSSR count). The smallest absolute Gasteiger partial charge is 0.277 e. The van der Waals surface area contributed by atoms with Gasteiger partial charge < -0.3 is 15.2 Å². The summed E-state index contributed by atoms with van der Waals surface area (Å²) in [5, 5.41) is 9.15. The number of amides is 1. The third-order valence-corrected chi connectivity index (χ3v) is 5.80. The highest BCUT2D eigenvalue weighted by atomic mass is 127. The Labute approximate surface area is 174 Å². The summed E-state index contributed by atoms with van der Waals surface area (Å²) in [6.07, 6.45) is 0.760. The molecule has 0 radical (unpaired) electrons. The molecule has 1 aliphatic heterocycles. The Morgan fingerprint density at radius 3 is 2.68 bits per heavy atom. The summed E-state index contributed by atoms with van der Waals surface area (Å²) >= 11 is 2.26. The second kappa shape index (κ2) is 6.33. The highest BCUT2D eigenvalue weighted by Crippen LogP contribution is 2.30. The number of benzene rings is 2. The molecule has 0 unspecified atom stereocenters. The number of carbonyl (C=O) groups excluding carboxylic acids is 1. The lowest BCUT2D eigenvalue weighted by molar-refractivity contribution is 0.0973. The van der Waals surface area contributed by atoms with E-state index in [0.717, 1.165) is 32.6 Å². The van der Waals surface area contributed by atoms with Crippen LogP contribution in [0.5, 0.6) is 0 Å². The van der Waals surface area contributed by atoms with Crippen LogP contribution >= 0.6 is 22.6 Å². The van der Waals surface area contributed by atoms with Crippen LogP contribution in [-0.2, 0) is 6.42 Å². The van der Waals surface area contributed by atoms with E-state index in [1.54, 1.807) is 10.7 Å². The molecule has 0 fully saturated rings. The Bertz CT molecular complexity index is 1230. The molecular weight excluding hydrogens is 469 g/mol. The number of aromatic nitrogens is 3. The van der Waals surface area contributed by atoms with Crippen LogP contribution in [0.4, 0.5) is 11.5 Å². The largest absolute Gasteiger partial charge is 0.380 e. The Balaban J connectivity index is 1.63. The molecule has 2 N–H and O–H groups in total. The predicted octanol–water partition coefficient (Wildman–Crippen LogP) is 3.71. The van der Waals surface area contributed by atoms with Crippen molar-refractivity contribution in [2.24, 2.45) is 0 Å². The summed E-state index contributed by atoms with van der Waals surface area (Å²) in [4.78, 5) is 15.2. The summed E-state index contributed by atoms with van der Waals surface area (Å²) in [6.45, 7) is 2.58. The van der Waals surface area contributed by atoms with Gasteiger partial charge in [-0.1, -0.05) is 5.16 Å². The molecule has 1 amide bonds. The van der Waals surface area contributed by atoms with E-state index >= 15 is 0 Å². The van der Waals surface area contributed by atoms with E-state index in [4.69, 9.17) is 10.3 Å². The summed E-state index contributed by atoms with van der Waals surface area (Å²) in [5.74, 6) is 0.267. The van der Waals surface area contributed by atoms with Crippen molar-refractivity contribution in [1.82, 2.24) is 14.9 Å². The molecule has 0 saturated carbocycles. The minimum absolute atomic E-state index is 0.0542. The Morgan fingerprint density at radius 1 is 1.14 bits per heavy atom. The third kappa shape index (κ3) is 2.59. The van der Waals surface area contributed by atoms with Gasteiger partial charge in [-0.2, -0.15) is 5.10 Å². The lowest BCUT2D eigenvalue weighted by atomic mass is 10.0. The minimum Gasteiger partial charge on any atom is -0.380 e. The quantitative estimate of drug-likeness (QED) is 0.438. The summed E-state index contributed by atoms with van der Waals surface area (Å²) in [7, 11) is 0. The van der Waals surface area contributed by atoms with Gasteiger partial charge in [-0.25, -0.2) is 4.68 Å². The van der Waals surface area contributed by atoms with E-state index < -0.39 is 0 Å². The Kier molecular flexibility index (Phi) is 3.90. The molecule has 0 bridgehead atoms. The number of rotatable bonds is 2. The van der Waals surface area contributed by atoms with Crippen LogP contribution in [-0.4, -0.2) is 27.4 Å². The average Bonchev–Trinajstić information content (AvgIpc) is 3.24. The number of anilines is 2. The first-order valence-electron chi connectivity index (χ1n) is 8.84. The van der Waals surface area contributed by atoms with Crippen molar-refractivity contribution in [3.05, 3.63) is 63.0 Å². The van der Waals surface area contributed by atoms with Gasteiger partial charge in [0.05, 0.1) is 16.8 Å². The zero-order valence-corrected chi connectivity index (χ0v) is 17.2. The second-order valence-corrected chi connectivity index (χ2v) is 8.00. The summed E-state index contributed by atoms with van der Waals surface area (Å²) < 4.78 is 8.02. The minimum atomic E-state index is -0.0542. The number of aryl methyl sites for hydroxylation is 1. The number of hydrogen-bond donors (Lipinski definition) is 1. The molecule has 3 heterocycles. The van der Waals surface area contributed by atoms with Gasteiger partial charge >= 0.3 is 0 Å². The number of nitrogens with two attached hydrogens (primary N) is 1. The molecular formula is C20H16IN5O2. The van der Waals surface area contributed by atoms with Gasteiger partial charge in [0, 0.05) is 21.4 Å². The first-order chi connectivity index (χ1) is 13.5. The van der Waals surface area contributed by atoms with Crippen LogP contribution < -0.4 is 10.6 Å². The van der Waals surface area contributed by atoms with Crippen LogP contribution in [0.15, 0.2) is 47.0 Å². The molecule has 8 heteroatoms. The van der Waals surface area contributed by atoms with Gasteiger partial charge in [-0.3, -0.25) is 4.79 Å². The van der Waals surface area contributed by atoms with E-state index in [-0.39, 0.29) is 5.91 Å². The van der Waals surface area contributed by atoms with Crippen molar-refractivity contribution >= 4 is 51.0 Å². The van der Waals surface area contributed by atoms with Gasteiger partial charge in [0.15, 0.2) is 11.4 Å². The topological polar surface area (TPSA) is 90.2 Å². The highest BCUT2D eigenvalue weighted by molar-refractivity contribution is 14.1. The van der Waals surface area contributed by atoms with E-state index in [9.17, 15) is 4.79 Å². The lowest BCUT2D eigenvalue weighted by Gasteiger charge is -2.27. The summed E-state index contributed by atoms with van der Waals surface area (Å²) in [5.41, 5.74) is 10.6. The molecule has 1 aliphatic rings. The van der Waals surface area contributed by atoms with Crippen molar-refractivity contribution in [3.63, 3.8) is 0 Å². The number of halogens is 1. The van der Waals surface area contributed by atoms with Crippen molar-refractivity contribution in [3.8, 4) is 5.69 Å². The molecule has 0 saturated heterocycles. The number of nitrogen functional groups attached to an aromatic ring is 1. The van der Waals surface area contributed by atoms with Crippen molar-refractivity contribution in [1.29, 1.82) is 0 Å². The Hall–Kier alpha value is -2.88. The van der Waals surface area contributed by atoms with Crippen LogP contribution in [0.25, 0.3) is 16.7 Å². The number of carbonyl (C=O) groups is 1. The summed E-state index contributed by atoms with van der Waals surface area (Å²) in [6, 6.07) is 13.5. The van der Waals surface area contributed by atoms with Crippen molar-refractivity contribution in [2.45, 2.75) is 13.3 Å². The maximum atomic E-state index is 13.4. The second-order valence-electron chi connectivity index (χ2n) is 6.76. The normalized spacial score (nSPS) is 13.9. The van der Waals surface area contributed by atoms with Crippen LogP contribution in [0.1, 0.15) is 21.7 Å². The van der Waals surface area contributed by atoms with Crippen molar-refractivity contribution in [2.75, 3.05) is 17.2 Å². The molecule has 2 aromatic carbocycles. The fourth-order valence-corrected chi connectivity index (χ4v) is 4.02. The molecule has 4 aromatic rings. The lowest BCUT2D eigenvalue weighted by Crippen LogP contribution is -2.38. The molecule has 140 valence electrons. The van der Waals surface area contributed by atoms with Gasteiger partial charge in [-0.05, 0) is 78.4 Å². The predicted molar refractivity (Wildman–Crippen MR) is 115 cm³/mol. The third-order valence-electron chi connectivity index (χ3n) is 5.08. The monoisotopic (exact) mass is 485 g/mol. The van der Waals surface area contributed by atoms with Gasteiger partial charge in [-0.15, -0.1) is 0 Å². The molecule has 0 aliphatic carbocycles. The van der Waals surface area contributed by atoms with Crippen LogP contribution in [0.2, 0.25) is 0 Å². The standard InChI is InChI=1S/C20H16IN5O2/c1-11-15-8-9-25(13-4-2-12(21)3-5-13)20(27)18(15)26(23-11)14-6-7-17-16(10-14)19(22)24-28-17/h2-7,10H,8-9H2,1H3,(H2,22,24). The molecule has 28 heavy (non-hydrogen) atoms. The van der Waals surface area contributed by atoms with Crippen LogP contribution in [0.3, 0.4) is 0 Å². The fraction of sp³-hybridized carbons (Fsp3) is 0.150. The SMILES string of the molecule is Cc1nn(-c2ccc3onc(N)c3c2)c2c1CCN(c1ccc(I)cc1)C2=O. The van der Waals surface area contributed by atoms with Gasteiger partial charge in [0.25, 0.3) is 5.91 Å². The van der Waals surface area contributed by atoms with Gasteiger partial charge in [0.1, 0.15) is 5.69 Å².